The fourth-order valence-electron chi connectivity index (χ4n) is 2.33. The highest BCUT2D eigenvalue weighted by Gasteiger charge is 2.12. The second kappa shape index (κ2) is 5.17. The number of nitrogens with one attached hydrogen (secondary N) is 1. The second-order valence-corrected chi connectivity index (χ2v) is 5.62. The van der Waals surface area contributed by atoms with Gasteiger partial charge in [0, 0.05) is 23.7 Å². The zero-order valence-corrected chi connectivity index (χ0v) is 12.6. The van der Waals surface area contributed by atoms with Gasteiger partial charge < -0.3 is 5.32 Å². The van der Waals surface area contributed by atoms with Gasteiger partial charge in [-0.1, -0.05) is 36.5 Å². The minimum Gasteiger partial charge on any atom is -0.363 e. The van der Waals surface area contributed by atoms with Gasteiger partial charge in [0.1, 0.15) is 5.01 Å². The number of aromatic nitrogens is 3. The SMILES string of the molecule is CCc1cccc2c(-c3nnc(NC)s3)cc(C)nc12. The van der Waals surface area contributed by atoms with Crippen LogP contribution >= 0.6 is 11.3 Å². The average Bonchev–Trinajstić information content (AvgIpc) is 2.94. The number of pyridine rings is 1. The molecule has 102 valence electrons. The minimum atomic E-state index is 0.828. The first kappa shape index (κ1) is 13.0. The van der Waals surface area contributed by atoms with Crippen molar-refractivity contribution >= 4 is 27.4 Å². The van der Waals surface area contributed by atoms with Crippen LogP contribution in [0.15, 0.2) is 24.3 Å². The number of rotatable bonds is 3. The van der Waals surface area contributed by atoms with Crippen molar-refractivity contribution in [2.45, 2.75) is 20.3 Å². The van der Waals surface area contributed by atoms with Crippen molar-refractivity contribution < 1.29 is 0 Å². The van der Waals surface area contributed by atoms with E-state index in [-0.39, 0.29) is 0 Å². The maximum absolute atomic E-state index is 4.70. The quantitative estimate of drug-likeness (QED) is 0.797. The molecule has 0 fully saturated rings. The van der Waals surface area contributed by atoms with Crippen molar-refractivity contribution in [3.63, 3.8) is 0 Å². The third-order valence-electron chi connectivity index (χ3n) is 3.30. The van der Waals surface area contributed by atoms with Gasteiger partial charge in [-0.15, -0.1) is 10.2 Å². The molecule has 0 saturated carbocycles. The fourth-order valence-corrected chi connectivity index (χ4v) is 3.06. The first-order chi connectivity index (χ1) is 9.72. The van der Waals surface area contributed by atoms with Crippen molar-refractivity contribution in [2.24, 2.45) is 0 Å². The summed E-state index contributed by atoms with van der Waals surface area (Å²) in [6.45, 7) is 4.18. The molecule has 0 aliphatic heterocycles. The molecule has 20 heavy (non-hydrogen) atoms. The topological polar surface area (TPSA) is 50.7 Å². The summed E-state index contributed by atoms with van der Waals surface area (Å²) in [7, 11) is 1.86. The Balaban J connectivity index is 2.29. The van der Waals surface area contributed by atoms with Crippen LogP contribution in [0.2, 0.25) is 0 Å². The first-order valence-electron chi connectivity index (χ1n) is 6.63. The predicted octanol–water partition coefficient (Wildman–Crippen LogP) is 3.67. The molecule has 4 nitrogen and oxygen atoms in total. The molecule has 2 aromatic heterocycles. The van der Waals surface area contributed by atoms with E-state index in [1.165, 1.54) is 5.56 Å². The first-order valence-corrected chi connectivity index (χ1v) is 7.45. The van der Waals surface area contributed by atoms with Crippen molar-refractivity contribution in [1.82, 2.24) is 15.2 Å². The van der Waals surface area contributed by atoms with Gasteiger partial charge >= 0.3 is 0 Å². The molecule has 3 aromatic rings. The Morgan fingerprint density at radius 2 is 2.10 bits per heavy atom. The van der Waals surface area contributed by atoms with Gasteiger partial charge in [0.15, 0.2) is 0 Å². The highest BCUT2D eigenvalue weighted by molar-refractivity contribution is 7.18. The van der Waals surface area contributed by atoms with Crippen LogP contribution in [0, 0.1) is 6.92 Å². The molecule has 0 atom stereocenters. The Bertz CT molecular complexity index is 764. The summed E-state index contributed by atoms with van der Waals surface area (Å²) in [6.07, 6.45) is 0.977. The number of nitrogens with zero attached hydrogens (tertiary/aromatic N) is 3. The highest BCUT2D eigenvalue weighted by Crippen LogP contribution is 2.33. The molecule has 0 bridgehead atoms. The van der Waals surface area contributed by atoms with Crippen molar-refractivity contribution in [3.05, 3.63) is 35.5 Å². The molecule has 0 unspecified atom stereocenters. The zero-order valence-electron chi connectivity index (χ0n) is 11.8. The van der Waals surface area contributed by atoms with E-state index in [1.807, 2.05) is 14.0 Å². The molecule has 0 aliphatic carbocycles. The number of fused-ring (bicyclic) bond motifs is 1. The second-order valence-electron chi connectivity index (χ2n) is 4.64. The van der Waals surface area contributed by atoms with E-state index < -0.39 is 0 Å². The van der Waals surface area contributed by atoms with Crippen LogP contribution in [0.25, 0.3) is 21.5 Å². The van der Waals surface area contributed by atoms with Gasteiger partial charge in [-0.05, 0) is 25.0 Å². The number of hydrogen-bond donors (Lipinski definition) is 1. The fraction of sp³-hybridized carbons (Fsp3) is 0.267. The Morgan fingerprint density at radius 3 is 2.80 bits per heavy atom. The van der Waals surface area contributed by atoms with Gasteiger partial charge in [0.25, 0.3) is 0 Å². The predicted molar refractivity (Wildman–Crippen MR) is 84.3 cm³/mol. The lowest BCUT2D eigenvalue weighted by molar-refractivity contribution is 1.09. The Morgan fingerprint density at radius 1 is 1.25 bits per heavy atom. The minimum absolute atomic E-state index is 0.828. The molecule has 2 heterocycles. The molecule has 0 saturated heterocycles. The number of para-hydroxylation sites is 1. The van der Waals surface area contributed by atoms with Gasteiger partial charge in [0.2, 0.25) is 5.13 Å². The molecule has 3 rings (SSSR count). The summed E-state index contributed by atoms with van der Waals surface area (Å²) in [5.41, 5.74) is 4.47. The van der Waals surface area contributed by atoms with Crippen LogP contribution in [0.5, 0.6) is 0 Å². The lowest BCUT2D eigenvalue weighted by atomic mass is 10.0. The molecule has 0 aliphatic rings. The lowest BCUT2D eigenvalue weighted by Crippen LogP contribution is -1.92. The third-order valence-corrected chi connectivity index (χ3v) is 4.28. The van der Waals surface area contributed by atoms with Crippen LogP contribution in [-0.2, 0) is 6.42 Å². The van der Waals surface area contributed by atoms with Crippen LogP contribution in [0.3, 0.4) is 0 Å². The number of benzene rings is 1. The molecular formula is C15H16N4S. The highest BCUT2D eigenvalue weighted by atomic mass is 32.1. The largest absolute Gasteiger partial charge is 0.363 e. The summed E-state index contributed by atoms with van der Waals surface area (Å²) in [5, 5.41) is 14.3. The van der Waals surface area contributed by atoms with Crippen LogP contribution in [-0.4, -0.2) is 22.2 Å². The number of aryl methyl sites for hydroxylation is 2. The maximum atomic E-state index is 4.70. The molecule has 5 heteroatoms. The van der Waals surface area contributed by atoms with Crippen molar-refractivity contribution in [2.75, 3.05) is 12.4 Å². The van der Waals surface area contributed by atoms with E-state index in [9.17, 15) is 0 Å². The zero-order chi connectivity index (χ0) is 14.1. The average molecular weight is 284 g/mol. The Kier molecular flexibility index (Phi) is 3.36. The normalized spacial score (nSPS) is 10.9. The van der Waals surface area contributed by atoms with E-state index in [0.29, 0.717) is 0 Å². The lowest BCUT2D eigenvalue weighted by Gasteiger charge is -2.08. The molecule has 0 amide bonds. The van der Waals surface area contributed by atoms with Gasteiger partial charge in [0.05, 0.1) is 5.52 Å². The van der Waals surface area contributed by atoms with E-state index in [0.717, 1.165) is 38.7 Å². The third kappa shape index (κ3) is 2.14. The van der Waals surface area contributed by atoms with E-state index in [4.69, 9.17) is 4.98 Å². The summed E-state index contributed by atoms with van der Waals surface area (Å²) in [6, 6.07) is 8.41. The monoisotopic (exact) mass is 284 g/mol. The molecule has 0 radical (unpaired) electrons. The molecule has 1 aromatic carbocycles. The van der Waals surface area contributed by atoms with E-state index >= 15 is 0 Å². The smallest absolute Gasteiger partial charge is 0.205 e. The Labute approximate surface area is 121 Å². The molecule has 0 spiro atoms. The van der Waals surface area contributed by atoms with Crippen LogP contribution in [0.4, 0.5) is 5.13 Å². The van der Waals surface area contributed by atoms with Gasteiger partial charge in [-0.3, -0.25) is 4.98 Å². The van der Waals surface area contributed by atoms with Crippen molar-refractivity contribution in [3.8, 4) is 10.6 Å². The van der Waals surface area contributed by atoms with Crippen LogP contribution < -0.4 is 5.32 Å². The van der Waals surface area contributed by atoms with Gasteiger partial charge in [-0.25, -0.2) is 0 Å². The summed E-state index contributed by atoms with van der Waals surface area (Å²) in [4.78, 5) is 4.70. The summed E-state index contributed by atoms with van der Waals surface area (Å²) >= 11 is 1.56. The maximum Gasteiger partial charge on any atom is 0.205 e. The summed E-state index contributed by atoms with van der Waals surface area (Å²) in [5.74, 6) is 0. The van der Waals surface area contributed by atoms with Crippen LogP contribution in [0.1, 0.15) is 18.2 Å². The van der Waals surface area contributed by atoms with Gasteiger partial charge in [-0.2, -0.15) is 0 Å². The number of anilines is 1. The Hall–Kier alpha value is -2.01. The summed E-state index contributed by atoms with van der Waals surface area (Å²) < 4.78 is 0. The number of hydrogen-bond acceptors (Lipinski definition) is 5. The van der Waals surface area contributed by atoms with E-state index in [2.05, 4.69) is 46.7 Å². The standard InChI is InChI=1S/C15H16N4S/c1-4-10-6-5-7-11-12(8-9(2)17-13(10)11)14-18-19-15(16-3)20-14/h5-8H,4H2,1-3H3,(H,16,19). The molecule has 1 N–H and O–H groups in total. The van der Waals surface area contributed by atoms with E-state index in [1.54, 1.807) is 11.3 Å². The van der Waals surface area contributed by atoms with Crippen molar-refractivity contribution in [1.29, 1.82) is 0 Å². The molecular weight excluding hydrogens is 268 g/mol.